The Morgan fingerprint density at radius 1 is 1.03 bits per heavy atom. The van der Waals surface area contributed by atoms with Gasteiger partial charge in [0.1, 0.15) is 6.07 Å². The minimum atomic E-state index is -0.0786. The molecule has 5 rings (SSSR count). The van der Waals surface area contributed by atoms with E-state index in [9.17, 15) is 14.9 Å². The summed E-state index contributed by atoms with van der Waals surface area (Å²) >= 11 is 0. The fourth-order valence-electron chi connectivity index (χ4n) is 5.91. The van der Waals surface area contributed by atoms with E-state index in [1.807, 2.05) is 4.90 Å². The Morgan fingerprint density at radius 2 is 1.74 bits per heavy atom. The molecule has 1 aromatic rings. The number of pyridine rings is 1. The Morgan fingerprint density at radius 3 is 2.35 bits per heavy atom. The summed E-state index contributed by atoms with van der Waals surface area (Å²) in [6.45, 7) is 5.23. The number of piperidine rings is 1. The minimum Gasteiger partial charge on any atom is -0.340 e. The molecular formula is C24H31N5O2. The van der Waals surface area contributed by atoms with Crippen LogP contribution in [0.4, 0.5) is 0 Å². The highest BCUT2D eigenvalue weighted by Gasteiger charge is 2.50. The molecule has 4 fully saturated rings. The van der Waals surface area contributed by atoms with Gasteiger partial charge in [0.2, 0.25) is 5.91 Å². The summed E-state index contributed by atoms with van der Waals surface area (Å²) in [6.07, 6.45) is 10.9. The molecule has 2 aliphatic heterocycles. The van der Waals surface area contributed by atoms with Crippen LogP contribution in [0.5, 0.6) is 0 Å². The standard InChI is InChI=1S/C24H31N5O2/c25-16-19-17-26-7-4-21(19)23(31)28-8-5-24(6-9-28)14-18(15-24)22(30)29-12-10-27(11-13-29)20-2-1-3-20/h4,7,17-18,20H,1-3,5-6,8-15H2. The number of likely N-dealkylation sites (tertiary alicyclic amines) is 1. The second kappa shape index (κ2) is 8.23. The maximum atomic E-state index is 13.0. The van der Waals surface area contributed by atoms with Crippen molar-refractivity contribution >= 4 is 11.8 Å². The zero-order chi connectivity index (χ0) is 21.4. The van der Waals surface area contributed by atoms with E-state index < -0.39 is 0 Å². The molecule has 0 radical (unpaired) electrons. The Kier molecular flexibility index (Phi) is 5.43. The fraction of sp³-hybridized carbons (Fsp3) is 0.667. The summed E-state index contributed by atoms with van der Waals surface area (Å²) in [5.41, 5.74) is 0.997. The van der Waals surface area contributed by atoms with Crippen molar-refractivity contribution in [3.8, 4) is 6.07 Å². The second-order valence-electron chi connectivity index (χ2n) is 9.88. The van der Waals surface area contributed by atoms with Crippen molar-refractivity contribution in [3.05, 3.63) is 29.6 Å². The number of nitriles is 1. The predicted octanol–water partition coefficient (Wildman–Crippen LogP) is 2.28. The molecule has 7 nitrogen and oxygen atoms in total. The first-order chi connectivity index (χ1) is 15.1. The van der Waals surface area contributed by atoms with E-state index in [4.69, 9.17) is 0 Å². The molecule has 2 saturated heterocycles. The van der Waals surface area contributed by atoms with Gasteiger partial charge < -0.3 is 9.80 Å². The van der Waals surface area contributed by atoms with Crippen LogP contribution in [-0.4, -0.2) is 76.8 Å². The molecule has 164 valence electrons. The number of hydrogen-bond donors (Lipinski definition) is 0. The molecule has 2 aliphatic carbocycles. The maximum Gasteiger partial charge on any atom is 0.255 e. The molecule has 7 heteroatoms. The summed E-state index contributed by atoms with van der Waals surface area (Å²) in [6, 6.07) is 4.47. The number of piperazine rings is 1. The number of amides is 2. The van der Waals surface area contributed by atoms with Crippen molar-refractivity contribution in [3.63, 3.8) is 0 Å². The summed E-state index contributed by atoms with van der Waals surface area (Å²) in [4.78, 5) is 36.3. The molecule has 0 aromatic carbocycles. The van der Waals surface area contributed by atoms with Gasteiger partial charge in [-0.25, -0.2) is 0 Å². The first kappa shape index (κ1) is 20.4. The van der Waals surface area contributed by atoms with Gasteiger partial charge in [0.05, 0.1) is 11.1 Å². The minimum absolute atomic E-state index is 0.0786. The van der Waals surface area contributed by atoms with E-state index in [2.05, 4.69) is 20.9 Å². The van der Waals surface area contributed by atoms with Crippen molar-refractivity contribution in [1.29, 1.82) is 5.26 Å². The van der Waals surface area contributed by atoms with Crippen molar-refractivity contribution in [2.24, 2.45) is 11.3 Å². The van der Waals surface area contributed by atoms with Gasteiger partial charge in [0.15, 0.2) is 0 Å². The number of hydrogen-bond acceptors (Lipinski definition) is 5. The van der Waals surface area contributed by atoms with Gasteiger partial charge >= 0.3 is 0 Å². The van der Waals surface area contributed by atoms with Crippen LogP contribution < -0.4 is 0 Å². The van der Waals surface area contributed by atoms with Crippen LogP contribution in [0, 0.1) is 22.7 Å². The van der Waals surface area contributed by atoms with E-state index in [0.29, 0.717) is 30.1 Å². The smallest absolute Gasteiger partial charge is 0.255 e. The Bertz CT molecular complexity index is 881. The first-order valence-corrected chi connectivity index (χ1v) is 11.7. The van der Waals surface area contributed by atoms with E-state index >= 15 is 0 Å². The zero-order valence-corrected chi connectivity index (χ0v) is 18.1. The lowest BCUT2D eigenvalue weighted by Gasteiger charge is -2.53. The molecule has 1 aromatic heterocycles. The van der Waals surface area contributed by atoms with Crippen LogP contribution >= 0.6 is 0 Å². The third kappa shape index (κ3) is 3.82. The molecule has 1 spiro atoms. The molecule has 0 atom stereocenters. The molecule has 0 unspecified atom stereocenters. The van der Waals surface area contributed by atoms with E-state index in [0.717, 1.165) is 57.9 Å². The normalized spacial score (nSPS) is 24.4. The molecule has 2 amide bonds. The molecule has 4 aliphatic rings. The molecule has 2 saturated carbocycles. The first-order valence-electron chi connectivity index (χ1n) is 11.7. The topological polar surface area (TPSA) is 80.5 Å². The van der Waals surface area contributed by atoms with Crippen molar-refractivity contribution in [1.82, 2.24) is 19.7 Å². The van der Waals surface area contributed by atoms with Crippen LogP contribution in [0.25, 0.3) is 0 Å². The zero-order valence-electron chi connectivity index (χ0n) is 18.1. The highest BCUT2D eigenvalue weighted by atomic mass is 16.2. The largest absolute Gasteiger partial charge is 0.340 e. The number of nitrogens with zero attached hydrogens (tertiary/aromatic N) is 5. The van der Waals surface area contributed by atoms with E-state index in [1.54, 1.807) is 12.3 Å². The van der Waals surface area contributed by atoms with Crippen LogP contribution in [0.1, 0.15) is 60.9 Å². The van der Waals surface area contributed by atoms with Crippen LogP contribution in [0.3, 0.4) is 0 Å². The van der Waals surface area contributed by atoms with Gasteiger partial charge in [-0.05, 0) is 50.0 Å². The fourth-order valence-corrected chi connectivity index (χ4v) is 5.91. The van der Waals surface area contributed by atoms with Crippen LogP contribution in [-0.2, 0) is 4.79 Å². The second-order valence-corrected chi connectivity index (χ2v) is 9.88. The van der Waals surface area contributed by atoms with Gasteiger partial charge in [-0.1, -0.05) is 6.42 Å². The monoisotopic (exact) mass is 421 g/mol. The quantitative estimate of drug-likeness (QED) is 0.748. The summed E-state index contributed by atoms with van der Waals surface area (Å²) in [7, 11) is 0. The average molecular weight is 422 g/mol. The number of carbonyl (C=O) groups excluding carboxylic acids is 2. The van der Waals surface area contributed by atoms with Gasteiger partial charge in [-0.2, -0.15) is 5.26 Å². The maximum absolute atomic E-state index is 13.0. The SMILES string of the molecule is N#Cc1cnccc1C(=O)N1CCC2(CC1)CC(C(=O)N1CCN(C3CCC3)CC1)C2. The number of aromatic nitrogens is 1. The Balaban J connectivity index is 1.10. The lowest BCUT2D eigenvalue weighted by atomic mass is 9.57. The molecule has 0 N–H and O–H groups in total. The summed E-state index contributed by atoms with van der Waals surface area (Å²) in [5.74, 6) is 0.445. The highest BCUT2D eigenvalue weighted by Crippen LogP contribution is 2.53. The van der Waals surface area contributed by atoms with E-state index in [-0.39, 0.29) is 17.2 Å². The lowest BCUT2D eigenvalue weighted by Crippen LogP contribution is -2.57. The Hall–Kier alpha value is -2.46. The number of rotatable bonds is 3. The van der Waals surface area contributed by atoms with Crippen molar-refractivity contribution in [2.75, 3.05) is 39.3 Å². The summed E-state index contributed by atoms with van der Waals surface area (Å²) < 4.78 is 0. The average Bonchev–Trinajstić information content (AvgIpc) is 2.76. The van der Waals surface area contributed by atoms with Crippen LogP contribution in [0.15, 0.2) is 18.5 Å². The predicted molar refractivity (Wildman–Crippen MR) is 115 cm³/mol. The van der Waals surface area contributed by atoms with Gasteiger partial charge in [-0.3, -0.25) is 19.5 Å². The van der Waals surface area contributed by atoms with Crippen LogP contribution in [0.2, 0.25) is 0 Å². The van der Waals surface area contributed by atoms with Crippen molar-refractivity contribution in [2.45, 2.75) is 51.0 Å². The van der Waals surface area contributed by atoms with Crippen molar-refractivity contribution < 1.29 is 9.59 Å². The van der Waals surface area contributed by atoms with Gasteiger partial charge in [0, 0.05) is 63.6 Å². The molecule has 0 bridgehead atoms. The van der Waals surface area contributed by atoms with E-state index in [1.165, 1.54) is 25.5 Å². The lowest BCUT2D eigenvalue weighted by molar-refractivity contribution is -0.148. The summed E-state index contributed by atoms with van der Waals surface area (Å²) in [5, 5.41) is 9.24. The molecular weight excluding hydrogens is 390 g/mol. The van der Waals surface area contributed by atoms with Gasteiger partial charge in [-0.15, -0.1) is 0 Å². The number of carbonyl (C=O) groups is 2. The third-order valence-corrected chi connectivity index (χ3v) is 8.21. The molecule has 31 heavy (non-hydrogen) atoms. The highest BCUT2D eigenvalue weighted by molar-refractivity contribution is 5.96. The van der Waals surface area contributed by atoms with Gasteiger partial charge in [0.25, 0.3) is 5.91 Å². The third-order valence-electron chi connectivity index (χ3n) is 8.21. The molecule has 3 heterocycles. The Labute approximate surface area is 184 Å².